The minimum Gasteiger partial charge on any atom is -0.466 e. The van der Waals surface area contributed by atoms with Gasteiger partial charge in [-0.1, -0.05) is 61.5 Å². The summed E-state index contributed by atoms with van der Waals surface area (Å²) in [5, 5.41) is 0. The fourth-order valence-corrected chi connectivity index (χ4v) is 3.17. The molecule has 0 aliphatic rings. The highest BCUT2D eigenvalue weighted by atomic mass is 16.6. The third-order valence-corrected chi connectivity index (χ3v) is 4.93. The smallest absolute Gasteiger partial charge is 0.331 e. The largest absolute Gasteiger partial charge is 0.466 e. The molecule has 2 aromatic carbocycles. The molecule has 0 bridgehead atoms. The van der Waals surface area contributed by atoms with Gasteiger partial charge in [0.25, 0.3) is 0 Å². The summed E-state index contributed by atoms with van der Waals surface area (Å²) >= 11 is 0. The van der Waals surface area contributed by atoms with Crippen molar-refractivity contribution in [1.82, 2.24) is 0 Å². The SMILES string of the molecule is CCOC(=O)C(C)CCC(N)(C(=O)OC(C)(C)C)c1ccc(-c2ccccc2)cc1. The molecule has 0 radical (unpaired) electrons. The Morgan fingerprint density at radius 2 is 1.53 bits per heavy atom. The number of nitrogens with two attached hydrogens (primary N) is 1. The molecule has 0 aliphatic heterocycles. The molecule has 0 aromatic heterocycles. The first-order valence-corrected chi connectivity index (χ1v) is 10.4. The van der Waals surface area contributed by atoms with Crippen LogP contribution in [0.25, 0.3) is 11.1 Å². The fraction of sp³-hybridized carbons (Fsp3) is 0.440. The molecule has 2 atom stereocenters. The number of benzene rings is 2. The monoisotopic (exact) mass is 411 g/mol. The lowest BCUT2D eigenvalue weighted by Gasteiger charge is -2.32. The topological polar surface area (TPSA) is 78.6 Å². The second kappa shape index (κ2) is 9.90. The minimum atomic E-state index is -1.36. The van der Waals surface area contributed by atoms with Gasteiger partial charge in [0, 0.05) is 0 Å². The molecule has 5 nitrogen and oxygen atoms in total. The van der Waals surface area contributed by atoms with Gasteiger partial charge in [-0.25, -0.2) is 4.79 Å². The molecule has 2 aromatic rings. The van der Waals surface area contributed by atoms with E-state index in [9.17, 15) is 9.59 Å². The fourth-order valence-electron chi connectivity index (χ4n) is 3.17. The Balaban J connectivity index is 2.30. The van der Waals surface area contributed by atoms with E-state index >= 15 is 0 Å². The summed E-state index contributed by atoms with van der Waals surface area (Å²) in [6, 6.07) is 17.6. The zero-order valence-electron chi connectivity index (χ0n) is 18.6. The van der Waals surface area contributed by atoms with E-state index in [4.69, 9.17) is 15.2 Å². The van der Waals surface area contributed by atoms with E-state index in [2.05, 4.69) is 0 Å². The van der Waals surface area contributed by atoms with Crippen molar-refractivity contribution in [3.63, 3.8) is 0 Å². The van der Waals surface area contributed by atoms with Gasteiger partial charge in [-0.3, -0.25) is 4.79 Å². The Hall–Kier alpha value is -2.66. The van der Waals surface area contributed by atoms with Crippen molar-refractivity contribution in [3.8, 4) is 11.1 Å². The molecule has 162 valence electrons. The van der Waals surface area contributed by atoms with Crippen LogP contribution in [0.4, 0.5) is 0 Å². The number of carbonyl (C=O) groups is 2. The molecule has 30 heavy (non-hydrogen) atoms. The van der Waals surface area contributed by atoms with Gasteiger partial charge in [0.05, 0.1) is 12.5 Å². The van der Waals surface area contributed by atoms with E-state index in [0.717, 1.165) is 11.1 Å². The van der Waals surface area contributed by atoms with Crippen molar-refractivity contribution in [2.45, 2.75) is 58.6 Å². The van der Waals surface area contributed by atoms with Crippen molar-refractivity contribution < 1.29 is 19.1 Å². The van der Waals surface area contributed by atoms with Gasteiger partial charge in [0.1, 0.15) is 11.1 Å². The van der Waals surface area contributed by atoms with E-state index < -0.39 is 17.1 Å². The van der Waals surface area contributed by atoms with Crippen LogP contribution in [0.1, 0.15) is 53.0 Å². The summed E-state index contributed by atoms with van der Waals surface area (Å²) in [6.07, 6.45) is 0.682. The highest BCUT2D eigenvalue weighted by Crippen LogP contribution is 2.31. The maximum atomic E-state index is 13.1. The molecule has 0 fully saturated rings. The lowest BCUT2D eigenvalue weighted by Crippen LogP contribution is -2.48. The molecular weight excluding hydrogens is 378 g/mol. The van der Waals surface area contributed by atoms with E-state index in [0.29, 0.717) is 18.6 Å². The zero-order valence-corrected chi connectivity index (χ0v) is 18.6. The van der Waals surface area contributed by atoms with Crippen LogP contribution < -0.4 is 5.73 Å². The summed E-state index contributed by atoms with van der Waals surface area (Å²) in [4.78, 5) is 25.1. The molecule has 2 rings (SSSR count). The Morgan fingerprint density at radius 3 is 2.07 bits per heavy atom. The number of rotatable bonds is 8. The number of hydrogen-bond donors (Lipinski definition) is 1. The number of esters is 2. The third kappa shape index (κ3) is 6.17. The van der Waals surface area contributed by atoms with E-state index in [1.807, 2.05) is 75.4 Å². The van der Waals surface area contributed by atoms with Crippen LogP contribution in [0.3, 0.4) is 0 Å². The second-order valence-corrected chi connectivity index (χ2v) is 8.61. The van der Waals surface area contributed by atoms with Crippen molar-refractivity contribution in [1.29, 1.82) is 0 Å². The first-order chi connectivity index (χ1) is 14.1. The van der Waals surface area contributed by atoms with Gasteiger partial charge in [0.2, 0.25) is 0 Å². The summed E-state index contributed by atoms with van der Waals surface area (Å²) in [5.74, 6) is -1.15. The normalized spacial score (nSPS) is 14.5. The molecule has 0 saturated heterocycles. The quantitative estimate of drug-likeness (QED) is 0.630. The zero-order chi connectivity index (χ0) is 22.4. The highest BCUT2D eigenvalue weighted by molar-refractivity contribution is 5.83. The molecule has 0 amide bonds. The first kappa shape index (κ1) is 23.6. The summed E-state index contributed by atoms with van der Waals surface area (Å²) < 4.78 is 10.7. The maximum Gasteiger partial charge on any atom is 0.331 e. The average molecular weight is 412 g/mol. The molecular formula is C25H33NO4. The van der Waals surface area contributed by atoms with Crippen molar-refractivity contribution >= 4 is 11.9 Å². The molecule has 2 N–H and O–H groups in total. The number of hydrogen-bond acceptors (Lipinski definition) is 5. The van der Waals surface area contributed by atoms with E-state index in [-0.39, 0.29) is 18.3 Å². The van der Waals surface area contributed by atoms with Crippen LogP contribution in [-0.4, -0.2) is 24.1 Å². The van der Waals surface area contributed by atoms with E-state index in [1.54, 1.807) is 13.8 Å². The predicted molar refractivity (Wildman–Crippen MR) is 119 cm³/mol. The van der Waals surface area contributed by atoms with Crippen LogP contribution in [-0.2, 0) is 24.6 Å². The summed E-state index contributed by atoms with van der Waals surface area (Å²) in [6.45, 7) is 9.31. The van der Waals surface area contributed by atoms with Gasteiger partial charge in [-0.15, -0.1) is 0 Å². The van der Waals surface area contributed by atoms with Crippen molar-refractivity contribution in [3.05, 3.63) is 60.2 Å². The minimum absolute atomic E-state index is 0.270. The maximum absolute atomic E-state index is 13.1. The highest BCUT2D eigenvalue weighted by Gasteiger charge is 2.40. The predicted octanol–water partition coefficient (Wildman–Crippen LogP) is 4.83. The lowest BCUT2D eigenvalue weighted by atomic mass is 9.83. The van der Waals surface area contributed by atoms with Gasteiger partial charge in [0.15, 0.2) is 0 Å². The first-order valence-electron chi connectivity index (χ1n) is 10.4. The van der Waals surface area contributed by atoms with Crippen molar-refractivity contribution in [2.24, 2.45) is 11.7 Å². The Bertz CT molecular complexity index is 840. The molecule has 0 aliphatic carbocycles. The van der Waals surface area contributed by atoms with Gasteiger partial charge < -0.3 is 15.2 Å². The van der Waals surface area contributed by atoms with E-state index in [1.165, 1.54) is 0 Å². The molecule has 0 heterocycles. The Labute approximate surface area is 179 Å². The average Bonchev–Trinajstić information content (AvgIpc) is 2.71. The van der Waals surface area contributed by atoms with Crippen molar-refractivity contribution in [2.75, 3.05) is 6.61 Å². The standard InChI is InChI=1S/C25H33NO4/c1-6-29-22(27)18(2)16-17-25(26,23(28)30-24(3,4)5)21-14-12-20(13-15-21)19-10-8-7-9-11-19/h7-15,18H,6,16-17,26H2,1-5H3. The number of ether oxygens (including phenoxy) is 2. The number of carbonyl (C=O) groups excluding carboxylic acids is 2. The molecule has 2 unspecified atom stereocenters. The Morgan fingerprint density at radius 1 is 0.967 bits per heavy atom. The van der Waals surface area contributed by atoms with Crippen LogP contribution in [0.5, 0.6) is 0 Å². The summed E-state index contributed by atoms with van der Waals surface area (Å²) in [7, 11) is 0. The van der Waals surface area contributed by atoms with Gasteiger partial charge in [-0.05, 0) is 57.2 Å². The molecule has 5 heteroatoms. The van der Waals surface area contributed by atoms with Crippen LogP contribution in [0.15, 0.2) is 54.6 Å². The molecule has 0 saturated carbocycles. The molecule has 0 spiro atoms. The van der Waals surface area contributed by atoms with Gasteiger partial charge in [-0.2, -0.15) is 0 Å². The second-order valence-electron chi connectivity index (χ2n) is 8.61. The summed E-state index contributed by atoms with van der Waals surface area (Å²) in [5.41, 5.74) is 7.40. The van der Waals surface area contributed by atoms with Crippen LogP contribution >= 0.6 is 0 Å². The third-order valence-electron chi connectivity index (χ3n) is 4.93. The lowest BCUT2D eigenvalue weighted by molar-refractivity contribution is -0.163. The Kier molecular flexibility index (Phi) is 7.79. The van der Waals surface area contributed by atoms with Gasteiger partial charge >= 0.3 is 11.9 Å². The van der Waals surface area contributed by atoms with Crippen LogP contribution in [0.2, 0.25) is 0 Å². The van der Waals surface area contributed by atoms with Crippen LogP contribution in [0, 0.1) is 5.92 Å².